The summed E-state index contributed by atoms with van der Waals surface area (Å²) in [6.07, 6.45) is 1.66. The van der Waals surface area contributed by atoms with Gasteiger partial charge in [0.25, 0.3) is 15.9 Å². The van der Waals surface area contributed by atoms with Crippen molar-refractivity contribution in [3.63, 3.8) is 0 Å². The first-order valence-corrected chi connectivity index (χ1v) is 7.90. The zero-order valence-corrected chi connectivity index (χ0v) is 11.7. The molecule has 0 saturated heterocycles. The fourth-order valence-electron chi connectivity index (χ4n) is 2.10. The molecule has 0 radical (unpaired) electrons. The molecule has 0 aliphatic carbocycles. The van der Waals surface area contributed by atoms with Crippen LogP contribution in [-0.4, -0.2) is 38.3 Å². The first-order valence-electron chi connectivity index (χ1n) is 6.46. The maximum Gasteiger partial charge on any atom is 0.269 e. The highest BCUT2D eigenvalue weighted by Crippen LogP contribution is 2.29. The molecule has 104 valence electrons. The lowest BCUT2D eigenvalue weighted by Gasteiger charge is -2.14. The topological polar surface area (TPSA) is 66.5 Å². The van der Waals surface area contributed by atoms with E-state index < -0.39 is 15.9 Å². The van der Waals surface area contributed by atoms with Gasteiger partial charge in [-0.3, -0.25) is 4.79 Å². The smallest absolute Gasteiger partial charge is 0.269 e. The fraction of sp³-hybridized carbons (Fsp3) is 0.462. The summed E-state index contributed by atoms with van der Waals surface area (Å²) in [5.74, 6) is -0.411. The summed E-state index contributed by atoms with van der Waals surface area (Å²) >= 11 is 0. The van der Waals surface area contributed by atoms with Gasteiger partial charge < -0.3 is 5.32 Å². The van der Waals surface area contributed by atoms with Gasteiger partial charge in [-0.05, 0) is 38.1 Å². The number of hydrogen-bond acceptors (Lipinski definition) is 4. The fourth-order valence-corrected chi connectivity index (χ4v) is 3.71. The Hall–Kier alpha value is -1.40. The normalized spacial score (nSPS) is 16.7. The molecule has 0 spiro atoms. The summed E-state index contributed by atoms with van der Waals surface area (Å²) in [5, 5.41) is 3.19. The second-order valence-corrected chi connectivity index (χ2v) is 6.31. The molecule has 1 aromatic carbocycles. The molecule has 0 atom stereocenters. The number of fused-ring (bicyclic) bond motifs is 1. The summed E-state index contributed by atoms with van der Waals surface area (Å²) in [4.78, 5) is 12.2. The van der Waals surface area contributed by atoms with Crippen molar-refractivity contribution in [1.29, 1.82) is 0 Å². The predicted molar refractivity (Wildman–Crippen MR) is 72.4 cm³/mol. The van der Waals surface area contributed by atoms with Gasteiger partial charge in [0.15, 0.2) is 0 Å². The predicted octanol–water partition coefficient (Wildman–Crippen LogP) is 1.22. The van der Waals surface area contributed by atoms with Gasteiger partial charge in [0.05, 0.1) is 5.56 Å². The van der Waals surface area contributed by atoms with E-state index in [0.29, 0.717) is 13.0 Å². The molecule has 1 aliphatic heterocycles. The van der Waals surface area contributed by atoms with E-state index >= 15 is 0 Å². The van der Waals surface area contributed by atoms with Crippen LogP contribution >= 0.6 is 0 Å². The van der Waals surface area contributed by atoms with Crippen molar-refractivity contribution in [2.75, 3.05) is 19.6 Å². The van der Waals surface area contributed by atoms with E-state index in [-0.39, 0.29) is 17.0 Å². The third kappa shape index (κ3) is 2.64. The Morgan fingerprint density at radius 1 is 1.21 bits per heavy atom. The van der Waals surface area contributed by atoms with Crippen molar-refractivity contribution in [3.8, 4) is 0 Å². The molecule has 0 saturated carbocycles. The number of nitrogens with zero attached hydrogens (tertiary/aromatic N) is 1. The third-order valence-corrected chi connectivity index (χ3v) is 4.89. The molecule has 0 fully saturated rings. The molecule has 1 N–H and O–H groups in total. The largest absolute Gasteiger partial charge is 0.317 e. The molecule has 2 rings (SSSR count). The number of benzene rings is 1. The number of nitrogens with one attached hydrogen (secondary N) is 1. The van der Waals surface area contributed by atoms with Gasteiger partial charge in [-0.1, -0.05) is 19.1 Å². The molecule has 1 heterocycles. The minimum atomic E-state index is -3.63. The van der Waals surface area contributed by atoms with Crippen molar-refractivity contribution >= 4 is 15.9 Å². The average molecular weight is 282 g/mol. The number of amides is 1. The van der Waals surface area contributed by atoms with Crippen molar-refractivity contribution in [3.05, 3.63) is 29.8 Å². The van der Waals surface area contributed by atoms with Crippen LogP contribution in [0, 0.1) is 0 Å². The van der Waals surface area contributed by atoms with E-state index in [0.717, 1.165) is 17.3 Å². The van der Waals surface area contributed by atoms with E-state index in [2.05, 4.69) is 12.2 Å². The van der Waals surface area contributed by atoms with Gasteiger partial charge >= 0.3 is 0 Å². The zero-order chi connectivity index (χ0) is 13.9. The Bertz CT molecular complexity index is 569. The molecule has 6 heteroatoms. The van der Waals surface area contributed by atoms with Crippen LogP contribution in [-0.2, 0) is 10.0 Å². The van der Waals surface area contributed by atoms with Crippen LogP contribution in [0.15, 0.2) is 29.2 Å². The van der Waals surface area contributed by atoms with Gasteiger partial charge in [0, 0.05) is 6.54 Å². The van der Waals surface area contributed by atoms with Crippen LogP contribution in [0.1, 0.15) is 30.1 Å². The first-order chi connectivity index (χ1) is 9.09. The van der Waals surface area contributed by atoms with Crippen LogP contribution in [0.3, 0.4) is 0 Å². The minimum absolute atomic E-state index is 0.126. The summed E-state index contributed by atoms with van der Waals surface area (Å²) < 4.78 is 25.4. The Labute approximate surface area is 113 Å². The van der Waals surface area contributed by atoms with Gasteiger partial charge in [0.1, 0.15) is 4.90 Å². The van der Waals surface area contributed by atoms with Crippen LogP contribution in [0.4, 0.5) is 0 Å². The lowest BCUT2D eigenvalue weighted by Crippen LogP contribution is -2.32. The summed E-state index contributed by atoms with van der Waals surface area (Å²) in [6, 6.07) is 6.36. The van der Waals surface area contributed by atoms with Gasteiger partial charge in [-0.2, -0.15) is 0 Å². The molecular formula is C13H18N2O3S. The second-order valence-electron chi connectivity index (χ2n) is 4.48. The first kappa shape index (κ1) is 14.0. The van der Waals surface area contributed by atoms with Crippen LogP contribution in [0.25, 0.3) is 0 Å². The highest BCUT2D eigenvalue weighted by Gasteiger charge is 2.40. The molecule has 19 heavy (non-hydrogen) atoms. The molecular weight excluding hydrogens is 264 g/mol. The van der Waals surface area contributed by atoms with Gasteiger partial charge in [-0.15, -0.1) is 0 Å². The molecule has 1 aliphatic rings. The lowest BCUT2D eigenvalue weighted by molar-refractivity contribution is 0.0870. The summed E-state index contributed by atoms with van der Waals surface area (Å²) in [7, 11) is -3.63. The van der Waals surface area contributed by atoms with Crippen molar-refractivity contribution < 1.29 is 13.2 Å². The standard InChI is InChI=1S/C13H18N2O3S/c1-2-8-14-9-5-10-15-13(16)11-6-3-4-7-12(11)19(15,17)18/h3-4,6-7,14H,2,5,8-10H2,1H3. The number of carbonyl (C=O) groups is 1. The Morgan fingerprint density at radius 2 is 1.95 bits per heavy atom. The highest BCUT2D eigenvalue weighted by molar-refractivity contribution is 7.90. The van der Waals surface area contributed by atoms with Crippen molar-refractivity contribution in [1.82, 2.24) is 9.62 Å². The van der Waals surface area contributed by atoms with Crippen molar-refractivity contribution in [2.24, 2.45) is 0 Å². The number of rotatable bonds is 6. The van der Waals surface area contributed by atoms with Crippen LogP contribution < -0.4 is 5.32 Å². The number of hydrogen-bond donors (Lipinski definition) is 1. The summed E-state index contributed by atoms with van der Waals surface area (Å²) in [6.45, 7) is 3.91. The number of carbonyl (C=O) groups excluding carboxylic acids is 1. The Morgan fingerprint density at radius 3 is 2.63 bits per heavy atom. The molecule has 0 unspecified atom stereocenters. The van der Waals surface area contributed by atoms with E-state index in [9.17, 15) is 13.2 Å². The molecule has 1 amide bonds. The molecule has 5 nitrogen and oxygen atoms in total. The van der Waals surface area contributed by atoms with Crippen LogP contribution in [0.2, 0.25) is 0 Å². The monoisotopic (exact) mass is 282 g/mol. The SMILES string of the molecule is CCCNCCCN1C(=O)c2ccccc2S1(=O)=O. The maximum atomic E-state index is 12.2. The second kappa shape index (κ2) is 5.71. The minimum Gasteiger partial charge on any atom is -0.317 e. The molecule has 0 bridgehead atoms. The van der Waals surface area contributed by atoms with Gasteiger partial charge in [-0.25, -0.2) is 12.7 Å². The average Bonchev–Trinajstić information content (AvgIpc) is 2.60. The van der Waals surface area contributed by atoms with E-state index in [1.165, 1.54) is 6.07 Å². The number of sulfonamides is 1. The van der Waals surface area contributed by atoms with Crippen molar-refractivity contribution in [2.45, 2.75) is 24.7 Å². The molecule has 0 aromatic heterocycles. The maximum absolute atomic E-state index is 12.2. The third-order valence-electron chi connectivity index (χ3n) is 3.05. The Balaban J connectivity index is 2.06. The van der Waals surface area contributed by atoms with Gasteiger partial charge in [0.2, 0.25) is 0 Å². The lowest BCUT2D eigenvalue weighted by atomic mass is 10.2. The van der Waals surface area contributed by atoms with E-state index in [1.54, 1.807) is 18.2 Å². The van der Waals surface area contributed by atoms with E-state index in [4.69, 9.17) is 0 Å². The quantitative estimate of drug-likeness (QED) is 0.797. The van der Waals surface area contributed by atoms with E-state index in [1.807, 2.05) is 0 Å². The zero-order valence-electron chi connectivity index (χ0n) is 10.9. The Kier molecular flexibility index (Phi) is 4.21. The summed E-state index contributed by atoms with van der Waals surface area (Å²) in [5.41, 5.74) is 0.281. The highest BCUT2D eigenvalue weighted by atomic mass is 32.2. The molecule has 1 aromatic rings. The van der Waals surface area contributed by atoms with Crippen LogP contribution in [0.5, 0.6) is 0 Å².